The minimum Gasteiger partial charge on any atom is -0.392 e. The molecule has 0 heterocycles. The maximum absolute atomic E-state index is 13.6. The largest absolute Gasteiger partial charge is 0.392 e. The Morgan fingerprint density at radius 2 is 2.20 bits per heavy atom. The highest BCUT2D eigenvalue weighted by Gasteiger charge is 2.39. The second kappa shape index (κ2) is 5.97. The van der Waals surface area contributed by atoms with Crippen LogP contribution in [0.2, 0.25) is 5.02 Å². The van der Waals surface area contributed by atoms with Crippen molar-refractivity contribution in [2.45, 2.75) is 43.7 Å². The summed E-state index contributed by atoms with van der Waals surface area (Å²) >= 11 is 5.65. The zero-order chi connectivity index (χ0) is 14.9. The zero-order valence-electron chi connectivity index (χ0n) is 11.1. The summed E-state index contributed by atoms with van der Waals surface area (Å²) in [4.78, 5) is -0.203. The number of benzene rings is 1. The SMILES string of the molecule is CCCC1CC1NS(=O)(=O)c1cc(F)c(Cl)c(CO)c1. The van der Waals surface area contributed by atoms with Gasteiger partial charge in [0.15, 0.2) is 0 Å². The van der Waals surface area contributed by atoms with E-state index in [1.165, 1.54) is 6.07 Å². The molecule has 112 valence electrons. The van der Waals surface area contributed by atoms with E-state index < -0.39 is 22.4 Å². The number of halogens is 2. The van der Waals surface area contributed by atoms with Crippen molar-refractivity contribution in [1.29, 1.82) is 0 Å². The van der Waals surface area contributed by atoms with Crippen LogP contribution in [0.15, 0.2) is 17.0 Å². The molecule has 2 unspecified atom stereocenters. The third kappa shape index (κ3) is 3.31. The lowest BCUT2D eigenvalue weighted by molar-refractivity contribution is 0.281. The lowest BCUT2D eigenvalue weighted by Gasteiger charge is -2.09. The monoisotopic (exact) mass is 321 g/mol. The highest BCUT2D eigenvalue weighted by Crippen LogP contribution is 2.36. The van der Waals surface area contributed by atoms with E-state index in [1.807, 2.05) is 6.92 Å². The standard InChI is InChI=1S/C13H17ClFNO3S/c1-2-3-8-5-12(8)16-20(18,19)10-4-9(7-17)13(14)11(15)6-10/h4,6,8,12,16-17H,2-3,5,7H2,1H3. The maximum atomic E-state index is 13.6. The van der Waals surface area contributed by atoms with Crippen molar-refractivity contribution in [2.75, 3.05) is 0 Å². The average molecular weight is 322 g/mol. The molecule has 1 aromatic carbocycles. The second-order valence-corrected chi connectivity index (χ2v) is 7.14. The van der Waals surface area contributed by atoms with Crippen LogP contribution in [0.4, 0.5) is 4.39 Å². The zero-order valence-corrected chi connectivity index (χ0v) is 12.6. The second-order valence-electron chi connectivity index (χ2n) is 5.05. The van der Waals surface area contributed by atoms with Crippen LogP contribution >= 0.6 is 11.6 Å². The lowest BCUT2D eigenvalue weighted by Crippen LogP contribution is -2.27. The summed E-state index contributed by atoms with van der Waals surface area (Å²) in [6.45, 7) is 1.53. The summed E-state index contributed by atoms with van der Waals surface area (Å²) in [5.74, 6) is -0.483. The molecule has 0 bridgehead atoms. The Hall–Kier alpha value is -0.690. The van der Waals surface area contributed by atoms with Gasteiger partial charge in [0, 0.05) is 11.6 Å². The Bertz CT molecular complexity index is 606. The van der Waals surface area contributed by atoms with E-state index in [9.17, 15) is 12.8 Å². The van der Waals surface area contributed by atoms with Crippen molar-refractivity contribution < 1.29 is 17.9 Å². The molecule has 2 rings (SSSR count). The molecule has 2 atom stereocenters. The topological polar surface area (TPSA) is 66.4 Å². The molecule has 1 saturated carbocycles. The highest BCUT2D eigenvalue weighted by atomic mass is 35.5. The van der Waals surface area contributed by atoms with Gasteiger partial charge in [-0.25, -0.2) is 17.5 Å². The van der Waals surface area contributed by atoms with E-state index in [2.05, 4.69) is 4.72 Å². The molecule has 4 nitrogen and oxygen atoms in total. The molecule has 1 aromatic rings. The minimum absolute atomic E-state index is 0.0629. The van der Waals surface area contributed by atoms with E-state index in [-0.39, 0.29) is 21.5 Å². The van der Waals surface area contributed by atoms with Crippen LogP contribution in [0, 0.1) is 11.7 Å². The summed E-state index contributed by atoms with van der Waals surface area (Å²) < 4.78 is 40.5. The van der Waals surface area contributed by atoms with Crippen molar-refractivity contribution in [3.63, 3.8) is 0 Å². The molecule has 0 saturated heterocycles. The molecular weight excluding hydrogens is 305 g/mol. The van der Waals surface area contributed by atoms with Gasteiger partial charge < -0.3 is 5.11 Å². The molecule has 1 aliphatic carbocycles. The van der Waals surface area contributed by atoms with Crippen LogP contribution < -0.4 is 4.72 Å². The number of sulfonamides is 1. The van der Waals surface area contributed by atoms with Gasteiger partial charge in [0.05, 0.1) is 16.5 Å². The minimum atomic E-state index is -3.78. The summed E-state index contributed by atoms with van der Waals surface area (Å²) in [7, 11) is -3.78. The first kappa shape index (κ1) is 15.7. The molecule has 1 aliphatic rings. The van der Waals surface area contributed by atoms with Crippen molar-refractivity contribution in [1.82, 2.24) is 4.72 Å². The number of hydrogen-bond acceptors (Lipinski definition) is 3. The van der Waals surface area contributed by atoms with E-state index in [1.54, 1.807) is 0 Å². The van der Waals surface area contributed by atoms with Crippen molar-refractivity contribution in [3.8, 4) is 0 Å². The van der Waals surface area contributed by atoms with Crippen LogP contribution in [-0.2, 0) is 16.6 Å². The molecule has 1 fully saturated rings. The fraction of sp³-hybridized carbons (Fsp3) is 0.538. The van der Waals surface area contributed by atoms with Gasteiger partial charge >= 0.3 is 0 Å². The molecule has 0 spiro atoms. The quantitative estimate of drug-likeness (QED) is 0.845. The van der Waals surface area contributed by atoms with Gasteiger partial charge in [0.1, 0.15) is 5.82 Å². The van der Waals surface area contributed by atoms with Crippen LogP contribution in [0.1, 0.15) is 31.7 Å². The van der Waals surface area contributed by atoms with E-state index >= 15 is 0 Å². The van der Waals surface area contributed by atoms with Gasteiger partial charge in [-0.3, -0.25) is 0 Å². The first-order chi connectivity index (χ1) is 9.39. The Kier molecular flexibility index (Phi) is 4.69. The number of nitrogens with one attached hydrogen (secondary N) is 1. The van der Waals surface area contributed by atoms with Crippen LogP contribution in [0.5, 0.6) is 0 Å². The third-order valence-electron chi connectivity index (χ3n) is 3.45. The summed E-state index contributed by atoms with van der Waals surface area (Å²) in [6, 6.07) is 2.00. The number of aliphatic hydroxyl groups excluding tert-OH is 1. The fourth-order valence-electron chi connectivity index (χ4n) is 2.24. The van der Waals surface area contributed by atoms with Gasteiger partial charge in [-0.05, 0) is 30.9 Å². The molecule has 0 radical (unpaired) electrons. The Morgan fingerprint density at radius 3 is 2.80 bits per heavy atom. The lowest BCUT2D eigenvalue weighted by atomic mass is 10.2. The first-order valence-electron chi connectivity index (χ1n) is 6.50. The molecule has 2 N–H and O–H groups in total. The summed E-state index contributed by atoms with van der Waals surface area (Å²) in [5, 5.41) is 8.82. The van der Waals surface area contributed by atoms with Crippen LogP contribution in [-0.4, -0.2) is 19.6 Å². The predicted octanol–water partition coefficient (Wildman–Crippen LogP) is 2.44. The van der Waals surface area contributed by atoms with Gasteiger partial charge in [0.2, 0.25) is 10.0 Å². The number of aliphatic hydroxyl groups is 1. The van der Waals surface area contributed by atoms with Crippen molar-refractivity contribution in [2.24, 2.45) is 5.92 Å². The Balaban J connectivity index is 2.20. The molecule has 0 amide bonds. The molecule has 20 heavy (non-hydrogen) atoms. The van der Waals surface area contributed by atoms with Gasteiger partial charge in [0.25, 0.3) is 0 Å². The van der Waals surface area contributed by atoms with Gasteiger partial charge in [-0.2, -0.15) is 0 Å². The smallest absolute Gasteiger partial charge is 0.240 e. The van der Waals surface area contributed by atoms with Crippen molar-refractivity contribution in [3.05, 3.63) is 28.5 Å². The van der Waals surface area contributed by atoms with E-state index in [0.29, 0.717) is 5.92 Å². The van der Waals surface area contributed by atoms with Crippen molar-refractivity contribution >= 4 is 21.6 Å². The van der Waals surface area contributed by atoms with E-state index in [0.717, 1.165) is 25.3 Å². The average Bonchev–Trinajstić information content (AvgIpc) is 3.10. The Morgan fingerprint density at radius 1 is 1.50 bits per heavy atom. The van der Waals surface area contributed by atoms with Gasteiger partial charge in [-0.1, -0.05) is 24.9 Å². The summed E-state index contributed by atoms with van der Waals surface area (Å²) in [5.41, 5.74) is 0.0629. The highest BCUT2D eigenvalue weighted by molar-refractivity contribution is 7.89. The molecule has 0 aromatic heterocycles. The number of rotatable bonds is 6. The predicted molar refractivity (Wildman–Crippen MR) is 74.5 cm³/mol. The Labute approximate surface area is 123 Å². The first-order valence-corrected chi connectivity index (χ1v) is 8.36. The molecule has 0 aliphatic heterocycles. The molecule has 7 heteroatoms. The fourth-order valence-corrected chi connectivity index (χ4v) is 3.79. The van der Waals surface area contributed by atoms with Crippen LogP contribution in [0.3, 0.4) is 0 Å². The third-order valence-corrected chi connectivity index (χ3v) is 5.34. The van der Waals surface area contributed by atoms with E-state index in [4.69, 9.17) is 16.7 Å². The summed E-state index contributed by atoms with van der Waals surface area (Å²) in [6.07, 6.45) is 2.80. The maximum Gasteiger partial charge on any atom is 0.240 e. The normalized spacial score (nSPS) is 22.0. The van der Waals surface area contributed by atoms with Gasteiger partial charge in [-0.15, -0.1) is 0 Å². The van der Waals surface area contributed by atoms with Crippen LogP contribution in [0.25, 0.3) is 0 Å². The molecular formula is C13H17ClFNO3S. The number of hydrogen-bond donors (Lipinski definition) is 2.